The molecule has 0 saturated carbocycles. The fourth-order valence-electron chi connectivity index (χ4n) is 2.70. The lowest BCUT2D eigenvalue weighted by Gasteiger charge is -2.34. The predicted octanol–water partition coefficient (Wildman–Crippen LogP) is 1.77. The number of rotatable bonds is 7. The summed E-state index contributed by atoms with van der Waals surface area (Å²) in [5.74, 6) is 0.0648. The molecule has 1 aliphatic rings. The Morgan fingerprint density at radius 3 is 2.46 bits per heavy atom. The molecule has 9 heteroatoms. The van der Waals surface area contributed by atoms with E-state index in [1.807, 2.05) is 26.0 Å². The number of hydrogen-bond donors (Lipinski definition) is 1. The highest BCUT2D eigenvalue weighted by atomic mass is 79.9. The summed E-state index contributed by atoms with van der Waals surface area (Å²) >= 11 is 3.33. The standard InChI is InChI=1S/C17H25BrN2O5S/c1-12-10-20(11-13(2)24-12)26(22,23)9-8-19-17(21)14(3)25-16-6-4-15(18)5-7-16/h4-7,12-14H,8-11H2,1-3H3,(H,19,21). The van der Waals surface area contributed by atoms with Crippen molar-refractivity contribution in [2.24, 2.45) is 0 Å². The van der Waals surface area contributed by atoms with Crippen LogP contribution in [0.4, 0.5) is 0 Å². The minimum atomic E-state index is -3.44. The molecule has 3 unspecified atom stereocenters. The number of carbonyl (C=O) groups is 1. The quantitative estimate of drug-likeness (QED) is 0.686. The second kappa shape index (κ2) is 9.16. The van der Waals surface area contributed by atoms with Gasteiger partial charge in [-0.1, -0.05) is 15.9 Å². The van der Waals surface area contributed by atoms with Gasteiger partial charge in [-0.05, 0) is 45.0 Å². The lowest BCUT2D eigenvalue weighted by Crippen LogP contribution is -2.50. The molecule has 1 heterocycles. The molecular weight excluding hydrogens is 424 g/mol. The van der Waals surface area contributed by atoms with E-state index in [1.54, 1.807) is 19.1 Å². The average Bonchev–Trinajstić information content (AvgIpc) is 2.55. The van der Waals surface area contributed by atoms with Crippen LogP contribution in [0.5, 0.6) is 5.75 Å². The third kappa shape index (κ3) is 6.22. The van der Waals surface area contributed by atoms with Gasteiger partial charge < -0.3 is 14.8 Å². The van der Waals surface area contributed by atoms with Crippen molar-refractivity contribution >= 4 is 31.9 Å². The SMILES string of the molecule is CC1CN(S(=O)(=O)CCNC(=O)C(C)Oc2ccc(Br)cc2)CC(C)O1. The molecule has 1 amide bonds. The smallest absolute Gasteiger partial charge is 0.260 e. The van der Waals surface area contributed by atoms with E-state index in [4.69, 9.17) is 9.47 Å². The van der Waals surface area contributed by atoms with Gasteiger partial charge in [-0.3, -0.25) is 4.79 Å². The van der Waals surface area contributed by atoms with E-state index in [0.29, 0.717) is 18.8 Å². The Bertz CT molecular complexity index is 700. The normalized spacial score (nSPS) is 22.6. The number of sulfonamides is 1. The molecule has 0 radical (unpaired) electrons. The van der Waals surface area contributed by atoms with Crippen molar-refractivity contribution in [1.29, 1.82) is 0 Å². The van der Waals surface area contributed by atoms with Gasteiger partial charge in [0.1, 0.15) is 5.75 Å². The van der Waals surface area contributed by atoms with Crippen LogP contribution in [-0.2, 0) is 19.6 Å². The number of carbonyl (C=O) groups excluding carboxylic acids is 1. The van der Waals surface area contributed by atoms with Crippen LogP contribution in [0.15, 0.2) is 28.7 Å². The Morgan fingerprint density at radius 1 is 1.31 bits per heavy atom. The van der Waals surface area contributed by atoms with Crippen molar-refractivity contribution in [2.75, 3.05) is 25.4 Å². The van der Waals surface area contributed by atoms with E-state index in [-0.39, 0.29) is 30.4 Å². The van der Waals surface area contributed by atoms with Gasteiger partial charge in [0.15, 0.2) is 6.10 Å². The molecule has 3 atom stereocenters. The Labute approximate surface area is 163 Å². The zero-order chi connectivity index (χ0) is 19.3. The van der Waals surface area contributed by atoms with Crippen molar-refractivity contribution in [3.05, 3.63) is 28.7 Å². The van der Waals surface area contributed by atoms with Gasteiger partial charge in [0.2, 0.25) is 10.0 Å². The van der Waals surface area contributed by atoms with Crippen molar-refractivity contribution < 1.29 is 22.7 Å². The van der Waals surface area contributed by atoms with Gasteiger partial charge in [0.25, 0.3) is 5.91 Å². The molecule has 0 aliphatic carbocycles. The number of amides is 1. The average molecular weight is 449 g/mol. The summed E-state index contributed by atoms with van der Waals surface area (Å²) in [6.07, 6.45) is -0.993. The van der Waals surface area contributed by atoms with Gasteiger partial charge in [-0.15, -0.1) is 0 Å². The molecule has 1 aliphatic heterocycles. The monoisotopic (exact) mass is 448 g/mol. The van der Waals surface area contributed by atoms with E-state index in [1.165, 1.54) is 4.31 Å². The molecule has 2 rings (SSSR count). The molecule has 0 spiro atoms. The number of morpholine rings is 1. The zero-order valence-electron chi connectivity index (χ0n) is 15.1. The topological polar surface area (TPSA) is 84.9 Å². The highest BCUT2D eigenvalue weighted by Crippen LogP contribution is 2.17. The number of nitrogens with zero attached hydrogens (tertiary/aromatic N) is 1. The van der Waals surface area contributed by atoms with E-state index < -0.39 is 16.1 Å². The van der Waals surface area contributed by atoms with Gasteiger partial charge in [-0.2, -0.15) is 4.31 Å². The molecule has 26 heavy (non-hydrogen) atoms. The Kier molecular flexibility index (Phi) is 7.45. The fourth-order valence-corrected chi connectivity index (χ4v) is 4.46. The van der Waals surface area contributed by atoms with Crippen LogP contribution in [-0.4, -0.2) is 62.3 Å². The molecule has 1 aromatic rings. The van der Waals surface area contributed by atoms with E-state index in [9.17, 15) is 13.2 Å². The Morgan fingerprint density at radius 2 is 1.88 bits per heavy atom. The fraction of sp³-hybridized carbons (Fsp3) is 0.588. The second-order valence-corrected chi connectivity index (χ2v) is 9.40. The maximum atomic E-state index is 12.4. The maximum Gasteiger partial charge on any atom is 0.260 e. The van der Waals surface area contributed by atoms with Crippen molar-refractivity contribution in [3.63, 3.8) is 0 Å². The van der Waals surface area contributed by atoms with E-state index in [0.717, 1.165) is 4.47 Å². The molecule has 1 fully saturated rings. The summed E-state index contributed by atoms with van der Waals surface area (Å²) in [7, 11) is -3.44. The molecule has 0 aromatic heterocycles. The number of halogens is 1. The molecule has 7 nitrogen and oxygen atoms in total. The van der Waals surface area contributed by atoms with Crippen molar-refractivity contribution in [1.82, 2.24) is 9.62 Å². The third-order valence-corrected chi connectivity index (χ3v) is 6.27. The van der Waals surface area contributed by atoms with Gasteiger partial charge in [-0.25, -0.2) is 8.42 Å². The first-order valence-electron chi connectivity index (χ1n) is 8.50. The predicted molar refractivity (Wildman–Crippen MR) is 103 cm³/mol. The highest BCUT2D eigenvalue weighted by Gasteiger charge is 2.30. The number of hydrogen-bond acceptors (Lipinski definition) is 5. The molecule has 0 bridgehead atoms. The summed E-state index contributed by atoms with van der Waals surface area (Å²) in [5.41, 5.74) is 0. The number of benzene rings is 1. The van der Waals surface area contributed by atoms with Crippen LogP contribution in [0.25, 0.3) is 0 Å². The second-order valence-electron chi connectivity index (χ2n) is 6.40. The van der Waals surface area contributed by atoms with Gasteiger partial charge >= 0.3 is 0 Å². The molecule has 1 N–H and O–H groups in total. The van der Waals surface area contributed by atoms with Crippen LogP contribution in [0.1, 0.15) is 20.8 Å². The largest absolute Gasteiger partial charge is 0.481 e. The van der Waals surface area contributed by atoms with E-state index >= 15 is 0 Å². The first kappa shape index (κ1) is 21.1. The van der Waals surface area contributed by atoms with E-state index in [2.05, 4.69) is 21.2 Å². The first-order valence-corrected chi connectivity index (χ1v) is 10.9. The minimum absolute atomic E-state index is 0.0370. The van der Waals surface area contributed by atoms with Crippen LogP contribution in [0.2, 0.25) is 0 Å². The molecule has 146 valence electrons. The molecule has 1 saturated heterocycles. The maximum absolute atomic E-state index is 12.4. The Balaban J connectivity index is 1.80. The van der Waals surface area contributed by atoms with Crippen LogP contribution >= 0.6 is 15.9 Å². The summed E-state index contributed by atoms with van der Waals surface area (Å²) < 4.78 is 38.3. The Hall–Kier alpha value is -1.16. The van der Waals surface area contributed by atoms with Crippen molar-refractivity contribution in [3.8, 4) is 5.75 Å². The number of nitrogens with one attached hydrogen (secondary N) is 1. The summed E-state index contributed by atoms with van der Waals surface area (Å²) in [6.45, 7) is 6.03. The van der Waals surface area contributed by atoms with Gasteiger partial charge in [0, 0.05) is 24.1 Å². The van der Waals surface area contributed by atoms with Crippen LogP contribution < -0.4 is 10.1 Å². The summed E-state index contributed by atoms with van der Waals surface area (Å²) in [5, 5.41) is 2.62. The summed E-state index contributed by atoms with van der Waals surface area (Å²) in [6, 6.07) is 7.13. The highest BCUT2D eigenvalue weighted by molar-refractivity contribution is 9.10. The third-order valence-electron chi connectivity index (χ3n) is 3.93. The molecular formula is C17H25BrN2O5S. The minimum Gasteiger partial charge on any atom is -0.481 e. The molecule has 1 aromatic carbocycles. The van der Waals surface area contributed by atoms with Crippen LogP contribution in [0, 0.1) is 0 Å². The number of ether oxygens (including phenoxy) is 2. The van der Waals surface area contributed by atoms with Crippen LogP contribution in [0.3, 0.4) is 0 Å². The lowest BCUT2D eigenvalue weighted by molar-refractivity contribution is -0.127. The zero-order valence-corrected chi connectivity index (χ0v) is 17.5. The van der Waals surface area contributed by atoms with Gasteiger partial charge in [0.05, 0.1) is 18.0 Å². The first-order chi connectivity index (χ1) is 12.2. The summed E-state index contributed by atoms with van der Waals surface area (Å²) in [4.78, 5) is 12.1. The van der Waals surface area contributed by atoms with Crippen molar-refractivity contribution in [2.45, 2.75) is 39.1 Å². The lowest BCUT2D eigenvalue weighted by atomic mass is 10.3.